The number of hydrogen-bond donors (Lipinski definition) is 0. The van der Waals surface area contributed by atoms with Crippen LogP contribution in [-0.2, 0) is 9.59 Å². The molecule has 31 heavy (non-hydrogen) atoms. The van der Waals surface area contributed by atoms with Gasteiger partial charge in [-0.3, -0.25) is 9.59 Å². The number of esters is 1. The van der Waals surface area contributed by atoms with E-state index >= 15 is 0 Å². The highest BCUT2D eigenvalue weighted by Gasteiger charge is 2.59. The van der Waals surface area contributed by atoms with Gasteiger partial charge in [-0.05, 0) is 55.5 Å². The molecule has 6 nitrogen and oxygen atoms in total. The highest BCUT2D eigenvalue weighted by molar-refractivity contribution is 6.31. The third-order valence-corrected chi connectivity index (χ3v) is 6.42. The predicted molar refractivity (Wildman–Crippen MR) is 115 cm³/mol. The van der Waals surface area contributed by atoms with Crippen molar-refractivity contribution in [2.75, 3.05) is 0 Å². The van der Waals surface area contributed by atoms with Crippen LogP contribution in [0.25, 0.3) is 0 Å². The van der Waals surface area contributed by atoms with E-state index in [-0.39, 0.29) is 41.2 Å². The van der Waals surface area contributed by atoms with Gasteiger partial charge in [0.2, 0.25) is 0 Å². The lowest BCUT2D eigenvalue weighted by Crippen LogP contribution is -2.28. The molecule has 4 atom stereocenters. The van der Waals surface area contributed by atoms with Gasteiger partial charge in [0.1, 0.15) is 5.75 Å². The summed E-state index contributed by atoms with van der Waals surface area (Å²) in [5.41, 5.74) is 1.75. The van der Waals surface area contributed by atoms with E-state index < -0.39 is 5.97 Å². The molecule has 156 valence electrons. The molecule has 0 spiro atoms. The van der Waals surface area contributed by atoms with Crippen LogP contribution < -0.4 is 4.74 Å². The van der Waals surface area contributed by atoms with Gasteiger partial charge in [-0.2, -0.15) is 10.1 Å². The Morgan fingerprint density at radius 1 is 1.10 bits per heavy atom. The third-order valence-electron chi connectivity index (χ3n) is 6.19. The highest BCUT2D eigenvalue weighted by Crippen LogP contribution is 2.52. The first-order chi connectivity index (χ1) is 14.9. The van der Waals surface area contributed by atoms with Crippen LogP contribution in [0.1, 0.15) is 27.9 Å². The van der Waals surface area contributed by atoms with Crippen LogP contribution in [0, 0.1) is 30.6 Å². The highest BCUT2D eigenvalue weighted by atomic mass is 35.5. The summed E-state index contributed by atoms with van der Waals surface area (Å²) in [6.07, 6.45) is 6.27. The second-order valence-electron chi connectivity index (χ2n) is 8.17. The van der Waals surface area contributed by atoms with Crippen molar-refractivity contribution >= 4 is 35.6 Å². The number of carbonyl (C=O) groups is 3. The minimum atomic E-state index is -0.522. The van der Waals surface area contributed by atoms with Gasteiger partial charge in [-0.25, -0.2) is 4.79 Å². The molecule has 1 aliphatic heterocycles. The van der Waals surface area contributed by atoms with Gasteiger partial charge < -0.3 is 4.74 Å². The van der Waals surface area contributed by atoms with E-state index in [1.165, 1.54) is 6.21 Å². The summed E-state index contributed by atoms with van der Waals surface area (Å²) in [5.74, 6) is -1.25. The van der Waals surface area contributed by atoms with Crippen LogP contribution in [0.4, 0.5) is 0 Å². The zero-order valence-corrected chi connectivity index (χ0v) is 17.5. The number of nitrogens with zero attached hydrogens (tertiary/aromatic N) is 2. The van der Waals surface area contributed by atoms with Crippen LogP contribution in [0.5, 0.6) is 5.75 Å². The van der Waals surface area contributed by atoms with Crippen molar-refractivity contribution in [1.82, 2.24) is 5.01 Å². The first-order valence-electron chi connectivity index (χ1n) is 10.1. The summed E-state index contributed by atoms with van der Waals surface area (Å²) >= 11 is 6.11. The fourth-order valence-corrected chi connectivity index (χ4v) is 4.94. The number of amides is 2. The summed E-state index contributed by atoms with van der Waals surface area (Å²) in [4.78, 5) is 38.2. The second-order valence-corrected chi connectivity index (χ2v) is 8.61. The largest absolute Gasteiger partial charge is 0.422 e. The van der Waals surface area contributed by atoms with Crippen molar-refractivity contribution in [3.05, 3.63) is 76.3 Å². The SMILES string of the molecule is Cc1cccc(C(=O)Oc2ccc(Cl)cc2C=NN2C(=O)C3C4C=CC(C4)C3C2=O)c1. The molecule has 1 heterocycles. The molecule has 0 radical (unpaired) electrons. The Morgan fingerprint density at radius 3 is 2.48 bits per heavy atom. The summed E-state index contributed by atoms with van der Waals surface area (Å²) in [5, 5.41) is 5.53. The third kappa shape index (κ3) is 3.37. The molecular formula is C24H19ClN2O4. The maximum absolute atomic E-state index is 12.8. The Kier molecular flexibility index (Phi) is 4.74. The molecule has 2 amide bonds. The number of ether oxygens (including phenoxy) is 1. The quantitative estimate of drug-likeness (QED) is 0.239. The van der Waals surface area contributed by atoms with Gasteiger partial charge in [0.15, 0.2) is 0 Å². The molecule has 4 unspecified atom stereocenters. The number of rotatable bonds is 4. The first-order valence-corrected chi connectivity index (χ1v) is 10.5. The number of benzene rings is 2. The zero-order chi connectivity index (χ0) is 21.7. The second kappa shape index (κ2) is 7.46. The monoisotopic (exact) mass is 434 g/mol. The fraction of sp³-hybridized carbons (Fsp3) is 0.250. The van der Waals surface area contributed by atoms with E-state index in [0.717, 1.165) is 17.0 Å². The summed E-state index contributed by atoms with van der Waals surface area (Å²) in [6, 6.07) is 11.8. The maximum atomic E-state index is 12.8. The molecule has 2 bridgehead atoms. The lowest BCUT2D eigenvalue weighted by molar-refractivity contribution is -0.140. The van der Waals surface area contributed by atoms with Crippen LogP contribution in [0.2, 0.25) is 5.02 Å². The van der Waals surface area contributed by atoms with Crippen molar-refractivity contribution in [3.8, 4) is 5.75 Å². The number of allylic oxidation sites excluding steroid dienone is 2. The normalized spacial score (nSPS) is 26.2. The molecule has 0 aromatic heterocycles. The van der Waals surface area contributed by atoms with Gasteiger partial charge in [0.05, 0.1) is 23.6 Å². The fourth-order valence-electron chi connectivity index (χ4n) is 4.76. The Labute approximate surface area is 184 Å². The van der Waals surface area contributed by atoms with Gasteiger partial charge >= 0.3 is 5.97 Å². The zero-order valence-electron chi connectivity index (χ0n) is 16.7. The Morgan fingerprint density at radius 2 is 1.81 bits per heavy atom. The summed E-state index contributed by atoms with van der Waals surface area (Å²) < 4.78 is 5.54. The maximum Gasteiger partial charge on any atom is 0.343 e. The van der Waals surface area contributed by atoms with Crippen LogP contribution in [0.15, 0.2) is 59.7 Å². The molecule has 1 saturated carbocycles. The molecule has 3 aliphatic rings. The van der Waals surface area contributed by atoms with Crippen LogP contribution >= 0.6 is 11.6 Å². The van der Waals surface area contributed by atoms with E-state index in [2.05, 4.69) is 5.10 Å². The van der Waals surface area contributed by atoms with E-state index in [1.54, 1.807) is 36.4 Å². The molecule has 2 fully saturated rings. The van der Waals surface area contributed by atoms with Gasteiger partial charge in [-0.15, -0.1) is 0 Å². The van der Waals surface area contributed by atoms with E-state index in [9.17, 15) is 14.4 Å². The number of halogens is 1. The van der Waals surface area contributed by atoms with Crippen molar-refractivity contribution in [3.63, 3.8) is 0 Å². The number of hydrogen-bond acceptors (Lipinski definition) is 5. The van der Waals surface area contributed by atoms with Crippen molar-refractivity contribution < 1.29 is 19.1 Å². The topological polar surface area (TPSA) is 76.0 Å². The number of imide groups is 1. The molecular weight excluding hydrogens is 416 g/mol. The Bertz CT molecular complexity index is 1140. The van der Waals surface area contributed by atoms with Crippen molar-refractivity contribution in [2.24, 2.45) is 28.8 Å². The van der Waals surface area contributed by atoms with E-state index in [4.69, 9.17) is 16.3 Å². The minimum Gasteiger partial charge on any atom is -0.422 e. The molecule has 1 saturated heterocycles. The smallest absolute Gasteiger partial charge is 0.343 e. The Balaban J connectivity index is 1.39. The number of carbonyl (C=O) groups excluding carboxylic acids is 3. The standard InChI is InChI=1S/C24H19ClN2O4/c1-13-3-2-4-16(9-13)24(30)31-19-8-7-18(25)11-17(19)12-26-27-22(28)20-14-5-6-15(10-14)21(20)23(27)29/h2-9,11-12,14-15,20-21H,10H2,1H3. The summed E-state index contributed by atoms with van der Waals surface area (Å²) in [7, 11) is 0. The summed E-state index contributed by atoms with van der Waals surface area (Å²) in [6.45, 7) is 1.89. The first kappa shape index (κ1) is 19.7. The average Bonchev–Trinajstić information content (AvgIpc) is 3.42. The molecule has 0 N–H and O–H groups in total. The van der Waals surface area contributed by atoms with Gasteiger partial charge in [0.25, 0.3) is 11.8 Å². The van der Waals surface area contributed by atoms with Crippen molar-refractivity contribution in [1.29, 1.82) is 0 Å². The lowest BCUT2D eigenvalue weighted by atomic mass is 9.85. The minimum absolute atomic E-state index is 0.115. The average molecular weight is 435 g/mol. The van der Waals surface area contributed by atoms with E-state index in [1.807, 2.05) is 25.1 Å². The van der Waals surface area contributed by atoms with Crippen LogP contribution in [-0.4, -0.2) is 29.0 Å². The van der Waals surface area contributed by atoms with Gasteiger partial charge in [0, 0.05) is 10.6 Å². The molecule has 5 rings (SSSR count). The molecule has 2 aromatic carbocycles. The number of hydrazone groups is 1. The predicted octanol–water partition coefficient (Wildman–Crippen LogP) is 4.01. The lowest BCUT2D eigenvalue weighted by Gasteiger charge is -2.13. The number of fused-ring (bicyclic) bond motifs is 5. The molecule has 2 aromatic rings. The van der Waals surface area contributed by atoms with Crippen LogP contribution in [0.3, 0.4) is 0 Å². The van der Waals surface area contributed by atoms with Gasteiger partial charge in [-0.1, -0.05) is 41.4 Å². The van der Waals surface area contributed by atoms with E-state index in [0.29, 0.717) is 16.1 Å². The number of aryl methyl sites for hydroxylation is 1. The Hall–Kier alpha value is -3.25. The van der Waals surface area contributed by atoms with Crippen molar-refractivity contribution in [2.45, 2.75) is 13.3 Å². The molecule has 7 heteroatoms. The molecule has 2 aliphatic carbocycles.